The number of nitrogens with two attached hydrogens (primary N) is 2. The molecule has 1 aliphatic carbocycles. The van der Waals surface area contributed by atoms with Crippen molar-refractivity contribution < 1.29 is 0 Å². The molecule has 0 amide bonds. The molecule has 1 aliphatic rings. The molecular formula is C9H20N2. The molecule has 2 heteroatoms. The summed E-state index contributed by atoms with van der Waals surface area (Å²) in [7, 11) is 0. The van der Waals surface area contributed by atoms with E-state index in [1.54, 1.807) is 0 Å². The summed E-state index contributed by atoms with van der Waals surface area (Å²) in [5, 5.41) is 0. The first-order valence-corrected chi connectivity index (χ1v) is 4.55. The first kappa shape index (κ1) is 9.01. The minimum absolute atomic E-state index is 0.0584. The van der Waals surface area contributed by atoms with Gasteiger partial charge in [0.25, 0.3) is 0 Å². The largest absolute Gasteiger partial charge is 0.329 e. The molecule has 2 unspecified atom stereocenters. The van der Waals surface area contributed by atoms with Gasteiger partial charge in [-0.05, 0) is 31.1 Å². The van der Waals surface area contributed by atoms with Gasteiger partial charge in [0.15, 0.2) is 0 Å². The van der Waals surface area contributed by atoms with E-state index < -0.39 is 0 Å². The van der Waals surface area contributed by atoms with E-state index in [2.05, 4.69) is 13.8 Å². The van der Waals surface area contributed by atoms with Crippen molar-refractivity contribution in [3.8, 4) is 0 Å². The maximum atomic E-state index is 6.11. The molecule has 0 radical (unpaired) electrons. The standard InChI is InChI=1S/C9H20N2/c1-7-3-8(2)5-9(11,4-7)6-10/h7-8H,3-6,10-11H2,1-2H3. The van der Waals surface area contributed by atoms with E-state index in [0.29, 0.717) is 6.54 Å². The molecule has 0 aromatic heterocycles. The van der Waals surface area contributed by atoms with Crippen molar-refractivity contribution in [3.05, 3.63) is 0 Å². The SMILES string of the molecule is CC1CC(C)CC(N)(CN)C1. The van der Waals surface area contributed by atoms with Crippen molar-refractivity contribution >= 4 is 0 Å². The van der Waals surface area contributed by atoms with E-state index in [1.807, 2.05) is 0 Å². The molecule has 0 aromatic carbocycles. The third-order valence-corrected chi connectivity index (χ3v) is 2.72. The molecule has 1 fully saturated rings. The predicted octanol–water partition coefficient (Wildman–Crippen LogP) is 1.10. The van der Waals surface area contributed by atoms with Crippen molar-refractivity contribution in [3.63, 3.8) is 0 Å². The van der Waals surface area contributed by atoms with Gasteiger partial charge in [0, 0.05) is 12.1 Å². The Bertz CT molecular complexity index is 124. The van der Waals surface area contributed by atoms with E-state index in [0.717, 1.165) is 24.7 Å². The third-order valence-electron chi connectivity index (χ3n) is 2.72. The first-order chi connectivity index (χ1) is 5.06. The van der Waals surface area contributed by atoms with Crippen LogP contribution < -0.4 is 11.5 Å². The topological polar surface area (TPSA) is 52.0 Å². The number of hydrogen-bond donors (Lipinski definition) is 2. The van der Waals surface area contributed by atoms with Gasteiger partial charge in [-0.1, -0.05) is 13.8 Å². The van der Waals surface area contributed by atoms with Crippen LogP contribution in [0.1, 0.15) is 33.1 Å². The maximum Gasteiger partial charge on any atom is 0.0283 e. The highest BCUT2D eigenvalue weighted by Crippen LogP contribution is 2.33. The predicted molar refractivity (Wildman–Crippen MR) is 48.2 cm³/mol. The van der Waals surface area contributed by atoms with E-state index in [1.165, 1.54) is 6.42 Å². The molecule has 0 spiro atoms. The zero-order valence-corrected chi connectivity index (χ0v) is 7.64. The summed E-state index contributed by atoms with van der Waals surface area (Å²) in [6.45, 7) is 5.18. The Hall–Kier alpha value is -0.0800. The maximum absolute atomic E-state index is 6.11. The summed E-state index contributed by atoms with van der Waals surface area (Å²) < 4.78 is 0. The molecule has 66 valence electrons. The molecular weight excluding hydrogens is 136 g/mol. The van der Waals surface area contributed by atoms with Gasteiger partial charge in [-0.2, -0.15) is 0 Å². The van der Waals surface area contributed by atoms with Crippen LogP contribution in [0.25, 0.3) is 0 Å². The Morgan fingerprint density at radius 3 is 2.09 bits per heavy atom. The summed E-state index contributed by atoms with van der Waals surface area (Å²) in [6.07, 6.45) is 3.53. The Kier molecular flexibility index (Phi) is 2.55. The summed E-state index contributed by atoms with van der Waals surface area (Å²) in [5.74, 6) is 1.51. The molecule has 4 N–H and O–H groups in total. The van der Waals surface area contributed by atoms with Gasteiger partial charge in [-0.15, -0.1) is 0 Å². The van der Waals surface area contributed by atoms with Crippen LogP contribution in [-0.4, -0.2) is 12.1 Å². The van der Waals surface area contributed by atoms with Gasteiger partial charge in [0.05, 0.1) is 0 Å². The normalized spacial score (nSPS) is 45.8. The van der Waals surface area contributed by atoms with Crippen LogP contribution in [0.2, 0.25) is 0 Å². The second-order valence-corrected chi connectivity index (χ2v) is 4.42. The van der Waals surface area contributed by atoms with Crippen molar-refractivity contribution in [2.24, 2.45) is 23.3 Å². The van der Waals surface area contributed by atoms with E-state index in [-0.39, 0.29) is 5.54 Å². The van der Waals surface area contributed by atoms with E-state index in [9.17, 15) is 0 Å². The van der Waals surface area contributed by atoms with Crippen LogP contribution in [0.4, 0.5) is 0 Å². The molecule has 0 heterocycles. The second-order valence-electron chi connectivity index (χ2n) is 4.42. The van der Waals surface area contributed by atoms with Crippen LogP contribution in [0, 0.1) is 11.8 Å². The lowest BCUT2D eigenvalue weighted by Crippen LogP contribution is -2.51. The highest BCUT2D eigenvalue weighted by molar-refractivity contribution is 4.92. The van der Waals surface area contributed by atoms with Gasteiger partial charge in [-0.3, -0.25) is 0 Å². The summed E-state index contributed by atoms with van der Waals surface area (Å²) in [6, 6.07) is 0. The highest BCUT2D eigenvalue weighted by atomic mass is 14.8. The van der Waals surface area contributed by atoms with Gasteiger partial charge in [0.1, 0.15) is 0 Å². The van der Waals surface area contributed by atoms with Gasteiger partial charge >= 0.3 is 0 Å². The number of hydrogen-bond acceptors (Lipinski definition) is 2. The van der Waals surface area contributed by atoms with Gasteiger partial charge in [-0.25, -0.2) is 0 Å². The molecule has 0 aromatic rings. The Morgan fingerprint density at radius 1 is 1.27 bits per heavy atom. The van der Waals surface area contributed by atoms with Crippen molar-refractivity contribution in [1.29, 1.82) is 0 Å². The number of rotatable bonds is 1. The van der Waals surface area contributed by atoms with Crippen LogP contribution >= 0.6 is 0 Å². The van der Waals surface area contributed by atoms with E-state index >= 15 is 0 Å². The quantitative estimate of drug-likeness (QED) is 0.597. The fraction of sp³-hybridized carbons (Fsp3) is 1.00. The zero-order chi connectivity index (χ0) is 8.48. The van der Waals surface area contributed by atoms with Crippen molar-refractivity contribution in [1.82, 2.24) is 0 Å². The summed E-state index contributed by atoms with van der Waals surface area (Å²) in [4.78, 5) is 0. The van der Waals surface area contributed by atoms with Crippen molar-refractivity contribution in [2.75, 3.05) is 6.54 Å². The van der Waals surface area contributed by atoms with Crippen LogP contribution in [-0.2, 0) is 0 Å². The third kappa shape index (κ3) is 2.17. The second kappa shape index (κ2) is 3.11. The average molecular weight is 156 g/mol. The first-order valence-electron chi connectivity index (χ1n) is 4.55. The molecule has 0 aliphatic heterocycles. The Morgan fingerprint density at radius 2 is 1.73 bits per heavy atom. The molecule has 1 rings (SSSR count). The summed E-state index contributed by atoms with van der Waals surface area (Å²) in [5.41, 5.74) is 11.7. The monoisotopic (exact) mass is 156 g/mol. The Balaban J connectivity index is 2.55. The molecule has 0 bridgehead atoms. The minimum Gasteiger partial charge on any atom is -0.329 e. The average Bonchev–Trinajstić information content (AvgIpc) is 1.84. The molecule has 11 heavy (non-hydrogen) atoms. The molecule has 2 nitrogen and oxygen atoms in total. The van der Waals surface area contributed by atoms with Gasteiger partial charge < -0.3 is 11.5 Å². The lowest BCUT2D eigenvalue weighted by Gasteiger charge is -2.39. The van der Waals surface area contributed by atoms with E-state index in [4.69, 9.17) is 11.5 Å². The molecule has 0 saturated heterocycles. The smallest absolute Gasteiger partial charge is 0.0283 e. The lowest BCUT2D eigenvalue weighted by atomic mass is 9.72. The Labute approximate surface area is 69.3 Å². The van der Waals surface area contributed by atoms with Crippen LogP contribution in [0.5, 0.6) is 0 Å². The minimum atomic E-state index is -0.0584. The summed E-state index contributed by atoms with van der Waals surface area (Å²) >= 11 is 0. The zero-order valence-electron chi connectivity index (χ0n) is 7.64. The van der Waals surface area contributed by atoms with Crippen LogP contribution in [0.3, 0.4) is 0 Å². The molecule has 2 atom stereocenters. The molecule has 1 saturated carbocycles. The lowest BCUT2D eigenvalue weighted by molar-refractivity contribution is 0.189. The van der Waals surface area contributed by atoms with Crippen LogP contribution in [0.15, 0.2) is 0 Å². The fourth-order valence-electron chi connectivity index (χ4n) is 2.49. The van der Waals surface area contributed by atoms with Gasteiger partial charge in [0.2, 0.25) is 0 Å². The highest BCUT2D eigenvalue weighted by Gasteiger charge is 2.32. The van der Waals surface area contributed by atoms with Crippen molar-refractivity contribution in [2.45, 2.75) is 38.6 Å². The fourth-order valence-corrected chi connectivity index (χ4v) is 2.49.